The molecule has 122 valence electrons. The monoisotopic (exact) mass is 315 g/mol. The number of halogens is 1. The Morgan fingerprint density at radius 3 is 2.61 bits per heavy atom. The second-order valence-corrected chi connectivity index (χ2v) is 7.27. The molecule has 1 saturated carbocycles. The highest BCUT2D eigenvalue weighted by molar-refractivity contribution is 5.94. The number of carbonyl (C=O) groups is 1. The molecule has 2 aliphatic carbocycles. The van der Waals surface area contributed by atoms with Gasteiger partial charge in [0.2, 0.25) is 0 Å². The summed E-state index contributed by atoms with van der Waals surface area (Å²) in [5.41, 5.74) is 0.203. The van der Waals surface area contributed by atoms with Crippen LogP contribution < -0.4 is 4.90 Å². The molecule has 2 bridgehead atoms. The summed E-state index contributed by atoms with van der Waals surface area (Å²) in [6, 6.07) is 6.29. The topological polar surface area (TPSA) is 24.8 Å². The maximum absolute atomic E-state index is 13.8. The number of rotatable bonds is 3. The zero-order chi connectivity index (χ0) is 15.8. The van der Waals surface area contributed by atoms with Crippen LogP contribution in [-0.4, -0.2) is 43.5 Å². The lowest BCUT2D eigenvalue weighted by Gasteiger charge is -2.34. The number of quaternary nitrogens is 1. The molecule has 4 rings (SSSR count). The number of allylic oxidation sites excluding steroid dienone is 2. The zero-order valence-electron chi connectivity index (χ0n) is 13.4. The van der Waals surface area contributed by atoms with Crippen LogP contribution in [0.3, 0.4) is 0 Å². The standard InChI is InChI=1S/C19H23FN2O/c20-18-4-2-1-3-17(18)19(23)22-9-7-21(8-10-22)13-16-12-14-5-6-15(16)11-14/h1-6,14-16H,7-13H2/p+1/t14-,15-,16+/m0/s1. The Morgan fingerprint density at radius 2 is 1.96 bits per heavy atom. The van der Waals surface area contributed by atoms with E-state index in [0.29, 0.717) is 0 Å². The summed E-state index contributed by atoms with van der Waals surface area (Å²) in [7, 11) is 0. The van der Waals surface area contributed by atoms with E-state index >= 15 is 0 Å². The molecule has 1 aromatic rings. The highest BCUT2D eigenvalue weighted by Gasteiger charge is 2.38. The first-order chi connectivity index (χ1) is 11.2. The average Bonchev–Trinajstić information content (AvgIpc) is 3.18. The number of amides is 1. The molecule has 2 fully saturated rings. The van der Waals surface area contributed by atoms with E-state index in [4.69, 9.17) is 0 Å². The van der Waals surface area contributed by atoms with Gasteiger partial charge in [0, 0.05) is 5.92 Å². The van der Waals surface area contributed by atoms with Crippen molar-refractivity contribution in [3.05, 3.63) is 47.8 Å². The molecule has 0 unspecified atom stereocenters. The van der Waals surface area contributed by atoms with E-state index in [2.05, 4.69) is 12.2 Å². The van der Waals surface area contributed by atoms with Crippen LogP contribution in [0.4, 0.5) is 4.39 Å². The maximum atomic E-state index is 13.8. The Labute approximate surface area is 136 Å². The highest BCUT2D eigenvalue weighted by Crippen LogP contribution is 2.42. The number of carbonyl (C=O) groups excluding carboxylic acids is 1. The molecule has 0 radical (unpaired) electrons. The molecule has 1 heterocycles. The quantitative estimate of drug-likeness (QED) is 0.838. The van der Waals surface area contributed by atoms with E-state index in [-0.39, 0.29) is 11.5 Å². The van der Waals surface area contributed by atoms with Gasteiger partial charge in [-0.2, -0.15) is 0 Å². The Balaban J connectivity index is 1.32. The van der Waals surface area contributed by atoms with E-state index < -0.39 is 5.82 Å². The van der Waals surface area contributed by atoms with Gasteiger partial charge in [0.05, 0.1) is 38.3 Å². The summed E-state index contributed by atoms with van der Waals surface area (Å²) in [5, 5.41) is 0. The van der Waals surface area contributed by atoms with Gasteiger partial charge >= 0.3 is 0 Å². The van der Waals surface area contributed by atoms with Gasteiger partial charge in [-0.1, -0.05) is 24.3 Å². The zero-order valence-corrected chi connectivity index (χ0v) is 13.4. The minimum Gasteiger partial charge on any atom is -0.332 e. The molecule has 1 amide bonds. The van der Waals surface area contributed by atoms with Crippen LogP contribution in [0.15, 0.2) is 36.4 Å². The smallest absolute Gasteiger partial charge is 0.257 e. The van der Waals surface area contributed by atoms with Crippen LogP contribution in [0.25, 0.3) is 0 Å². The van der Waals surface area contributed by atoms with Gasteiger partial charge in [-0.25, -0.2) is 4.39 Å². The second kappa shape index (κ2) is 6.08. The summed E-state index contributed by atoms with van der Waals surface area (Å²) in [5.74, 6) is 1.87. The molecule has 3 aliphatic rings. The molecule has 1 saturated heterocycles. The molecule has 1 N–H and O–H groups in total. The van der Waals surface area contributed by atoms with Crippen molar-refractivity contribution in [1.29, 1.82) is 0 Å². The van der Waals surface area contributed by atoms with Gasteiger partial charge in [-0.05, 0) is 36.8 Å². The molecule has 0 aromatic heterocycles. The number of piperazine rings is 1. The summed E-state index contributed by atoms with van der Waals surface area (Å²) in [6.45, 7) is 4.67. The Bertz CT molecular complexity index is 622. The summed E-state index contributed by atoms with van der Waals surface area (Å²) in [6.07, 6.45) is 7.51. The third kappa shape index (κ3) is 2.92. The van der Waals surface area contributed by atoms with Crippen LogP contribution >= 0.6 is 0 Å². The molecule has 0 spiro atoms. The summed E-state index contributed by atoms with van der Waals surface area (Å²) in [4.78, 5) is 15.9. The Kier molecular flexibility index (Phi) is 3.93. The van der Waals surface area contributed by atoms with Crippen molar-refractivity contribution in [2.45, 2.75) is 12.8 Å². The molecular weight excluding hydrogens is 291 g/mol. The van der Waals surface area contributed by atoms with Crippen molar-refractivity contribution >= 4 is 5.91 Å². The van der Waals surface area contributed by atoms with Crippen LogP contribution in [0.5, 0.6) is 0 Å². The van der Waals surface area contributed by atoms with Gasteiger partial charge in [-0.3, -0.25) is 4.79 Å². The largest absolute Gasteiger partial charge is 0.332 e. The van der Waals surface area contributed by atoms with Gasteiger partial charge in [0.1, 0.15) is 5.82 Å². The first kappa shape index (κ1) is 14.9. The van der Waals surface area contributed by atoms with E-state index in [1.165, 1.54) is 25.5 Å². The SMILES string of the molecule is O=C(c1ccccc1F)N1CC[NH+](C[C@H]2C[C@H]3C=C[C@H]2C3)CC1. The number of hydrogen-bond acceptors (Lipinski definition) is 1. The van der Waals surface area contributed by atoms with Crippen LogP contribution in [0.1, 0.15) is 23.2 Å². The highest BCUT2D eigenvalue weighted by atomic mass is 19.1. The average molecular weight is 315 g/mol. The Hall–Kier alpha value is -1.68. The van der Waals surface area contributed by atoms with Crippen molar-refractivity contribution in [3.63, 3.8) is 0 Å². The number of nitrogens with zero attached hydrogens (tertiary/aromatic N) is 1. The fourth-order valence-electron chi connectivity index (χ4n) is 4.54. The number of hydrogen-bond donors (Lipinski definition) is 1. The van der Waals surface area contributed by atoms with Crippen molar-refractivity contribution in [2.75, 3.05) is 32.7 Å². The van der Waals surface area contributed by atoms with Crippen molar-refractivity contribution in [2.24, 2.45) is 17.8 Å². The minimum atomic E-state index is -0.416. The lowest BCUT2D eigenvalue weighted by Crippen LogP contribution is -3.15. The molecule has 3 nitrogen and oxygen atoms in total. The third-order valence-electron chi connectivity index (χ3n) is 5.83. The summed E-state index contributed by atoms with van der Waals surface area (Å²) >= 11 is 0. The minimum absolute atomic E-state index is 0.162. The molecule has 3 atom stereocenters. The van der Waals surface area contributed by atoms with Gasteiger partial charge in [-0.15, -0.1) is 0 Å². The predicted octanol–water partition coefficient (Wildman–Crippen LogP) is 1.38. The van der Waals surface area contributed by atoms with Crippen LogP contribution in [-0.2, 0) is 0 Å². The fraction of sp³-hybridized carbons (Fsp3) is 0.526. The van der Waals surface area contributed by atoms with E-state index in [1.54, 1.807) is 23.1 Å². The van der Waals surface area contributed by atoms with Gasteiger partial charge < -0.3 is 9.80 Å². The molecule has 4 heteroatoms. The van der Waals surface area contributed by atoms with Crippen LogP contribution in [0.2, 0.25) is 0 Å². The van der Waals surface area contributed by atoms with E-state index in [0.717, 1.165) is 43.9 Å². The number of benzene rings is 1. The lowest BCUT2D eigenvalue weighted by atomic mass is 9.93. The van der Waals surface area contributed by atoms with Crippen LogP contribution in [0, 0.1) is 23.6 Å². The van der Waals surface area contributed by atoms with E-state index in [1.807, 2.05) is 4.90 Å². The molecular formula is C19H24FN2O+. The number of nitrogens with one attached hydrogen (secondary N) is 1. The Morgan fingerprint density at radius 1 is 1.17 bits per heavy atom. The van der Waals surface area contributed by atoms with Crippen molar-refractivity contribution < 1.29 is 14.1 Å². The summed E-state index contributed by atoms with van der Waals surface area (Å²) < 4.78 is 13.8. The van der Waals surface area contributed by atoms with Crippen molar-refractivity contribution in [1.82, 2.24) is 4.90 Å². The van der Waals surface area contributed by atoms with E-state index in [9.17, 15) is 9.18 Å². The first-order valence-corrected chi connectivity index (χ1v) is 8.76. The first-order valence-electron chi connectivity index (χ1n) is 8.76. The maximum Gasteiger partial charge on any atom is 0.257 e. The third-order valence-corrected chi connectivity index (χ3v) is 5.83. The molecule has 1 aliphatic heterocycles. The number of fused-ring (bicyclic) bond motifs is 2. The van der Waals surface area contributed by atoms with Gasteiger partial charge in [0.15, 0.2) is 0 Å². The normalized spacial score (nSPS) is 30.1. The molecule has 1 aromatic carbocycles. The van der Waals surface area contributed by atoms with Gasteiger partial charge in [0.25, 0.3) is 5.91 Å². The predicted molar refractivity (Wildman–Crippen MR) is 86.7 cm³/mol. The fourth-order valence-corrected chi connectivity index (χ4v) is 4.54. The second-order valence-electron chi connectivity index (χ2n) is 7.27. The van der Waals surface area contributed by atoms with Crippen molar-refractivity contribution in [3.8, 4) is 0 Å². The lowest BCUT2D eigenvalue weighted by molar-refractivity contribution is -0.907. The molecule has 23 heavy (non-hydrogen) atoms.